The van der Waals surface area contributed by atoms with Gasteiger partial charge in [0.15, 0.2) is 0 Å². The molecule has 2 aromatic carbocycles. The zero-order valence-corrected chi connectivity index (χ0v) is 10.4. The summed E-state index contributed by atoms with van der Waals surface area (Å²) in [5.41, 5.74) is 1.64. The van der Waals surface area contributed by atoms with E-state index in [2.05, 4.69) is 0 Å². The van der Waals surface area contributed by atoms with Crippen LogP contribution < -0.4 is 0 Å². The van der Waals surface area contributed by atoms with Crippen molar-refractivity contribution in [3.8, 4) is 6.07 Å². The average molecular weight is 255 g/mol. The van der Waals surface area contributed by atoms with Gasteiger partial charge in [0, 0.05) is 5.56 Å². The Bertz CT molecular complexity index is 589. The minimum atomic E-state index is -0.895. The highest BCUT2D eigenvalue weighted by atomic mass is 19.1. The van der Waals surface area contributed by atoms with Crippen molar-refractivity contribution in [3.05, 3.63) is 71.0 Å². The molecule has 0 amide bonds. The Hall–Kier alpha value is -2.18. The van der Waals surface area contributed by atoms with Crippen molar-refractivity contribution < 1.29 is 9.50 Å². The lowest BCUT2D eigenvalue weighted by Crippen LogP contribution is -2.03. The Morgan fingerprint density at radius 2 is 1.89 bits per heavy atom. The molecule has 0 aliphatic rings. The van der Waals surface area contributed by atoms with Crippen molar-refractivity contribution in [1.29, 1.82) is 5.26 Å². The quantitative estimate of drug-likeness (QED) is 0.910. The van der Waals surface area contributed by atoms with Crippen molar-refractivity contribution in [2.45, 2.75) is 18.9 Å². The van der Waals surface area contributed by atoms with Crippen molar-refractivity contribution in [1.82, 2.24) is 0 Å². The van der Waals surface area contributed by atoms with Crippen LogP contribution in [0.15, 0.2) is 48.5 Å². The third-order valence-electron chi connectivity index (χ3n) is 3.03. The molecule has 0 aromatic heterocycles. The maximum Gasteiger partial charge on any atom is 0.129 e. The molecule has 96 valence electrons. The van der Waals surface area contributed by atoms with Gasteiger partial charge in [0.25, 0.3) is 0 Å². The van der Waals surface area contributed by atoms with E-state index in [1.54, 1.807) is 0 Å². The normalized spacial score (nSPS) is 11.8. The highest BCUT2D eigenvalue weighted by Gasteiger charge is 2.13. The molecule has 2 aromatic rings. The summed E-state index contributed by atoms with van der Waals surface area (Å²) in [6.07, 6.45) is 0.196. The first-order chi connectivity index (χ1) is 9.20. The van der Waals surface area contributed by atoms with Crippen LogP contribution in [0.25, 0.3) is 0 Å². The first-order valence-corrected chi connectivity index (χ1v) is 6.12. The molecule has 1 atom stereocenters. The Kier molecular flexibility index (Phi) is 4.27. The molecule has 1 unspecified atom stereocenters. The third-order valence-corrected chi connectivity index (χ3v) is 3.03. The predicted molar refractivity (Wildman–Crippen MR) is 70.8 cm³/mol. The molecule has 0 saturated heterocycles. The number of aliphatic hydroxyl groups is 1. The second-order valence-electron chi connectivity index (χ2n) is 4.39. The first-order valence-electron chi connectivity index (χ1n) is 6.12. The first kappa shape index (κ1) is 13.3. The minimum Gasteiger partial charge on any atom is -0.388 e. The van der Waals surface area contributed by atoms with Crippen LogP contribution in [-0.2, 0) is 6.42 Å². The van der Waals surface area contributed by atoms with Crippen LogP contribution in [0.1, 0.15) is 29.2 Å². The maximum absolute atomic E-state index is 13.6. The van der Waals surface area contributed by atoms with Gasteiger partial charge in [0.05, 0.1) is 17.7 Å². The smallest absolute Gasteiger partial charge is 0.129 e. The summed E-state index contributed by atoms with van der Waals surface area (Å²) in [7, 11) is 0. The molecule has 0 radical (unpaired) electrons. The van der Waals surface area contributed by atoms with Gasteiger partial charge >= 0.3 is 0 Å². The molecular formula is C16H14FNO. The summed E-state index contributed by atoms with van der Waals surface area (Å²) >= 11 is 0. The van der Waals surface area contributed by atoms with Crippen molar-refractivity contribution in [2.24, 2.45) is 0 Å². The van der Waals surface area contributed by atoms with E-state index in [0.717, 1.165) is 5.56 Å². The van der Waals surface area contributed by atoms with E-state index >= 15 is 0 Å². The average Bonchev–Trinajstić information content (AvgIpc) is 2.46. The Balaban J connectivity index is 2.08. The number of benzene rings is 2. The molecule has 0 aliphatic carbocycles. The van der Waals surface area contributed by atoms with Crippen LogP contribution in [0, 0.1) is 17.1 Å². The van der Waals surface area contributed by atoms with Gasteiger partial charge in [0.1, 0.15) is 5.82 Å². The highest BCUT2D eigenvalue weighted by Crippen LogP contribution is 2.23. The number of hydrogen-bond donors (Lipinski definition) is 1. The zero-order chi connectivity index (χ0) is 13.7. The lowest BCUT2D eigenvalue weighted by atomic mass is 9.99. The molecule has 0 heterocycles. The van der Waals surface area contributed by atoms with E-state index in [0.29, 0.717) is 18.4 Å². The Morgan fingerprint density at radius 1 is 1.16 bits per heavy atom. The fraction of sp³-hybridized carbons (Fsp3) is 0.188. The number of aliphatic hydroxyl groups excluding tert-OH is 1. The van der Waals surface area contributed by atoms with Crippen LogP contribution in [-0.4, -0.2) is 5.11 Å². The lowest BCUT2D eigenvalue weighted by molar-refractivity contribution is 0.163. The van der Waals surface area contributed by atoms with Crippen LogP contribution in [0.5, 0.6) is 0 Å². The summed E-state index contributed by atoms with van der Waals surface area (Å²) in [6, 6.07) is 15.7. The van der Waals surface area contributed by atoms with E-state index < -0.39 is 11.9 Å². The molecule has 0 fully saturated rings. The maximum atomic E-state index is 13.6. The number of hydrogen-bond acceptors (Lipinski definition) is 2. The predicted octanol–water partition coefficient (Wildman–Crippen LogP) is 3.36. The van der Waals surface area contributed by atoms with E-state index in [-0.39, 0.29) is 5.56 Å². The molecule has 0 saturated carbocycles. The van der Waals surface area contributed by atoms with E-state index in [9.17, 15) is 9.50 Å². The van der Waals surface area contributed by atoms with Crippen molar-refractivity contribution in [3.63, 3.8) is 0 Å². The lowest BCUT2D eigenvalue weighted by Gasteiger charge is -2.12. The van der Waals surface area contributed by atoms with Crippen LogP contribution in [0.2, 0.25) is 0 Å². The Morgan fingerprint density at radius 3 is 2.58 bits per heavy atom. The van der Waals surface area contributed by atoms with Crippen molar-refractivity contribution >= 4 is 0 Å². The third kappa shape index (κ3) is 3.40. The fourth-order valence-corrected chi connectivity index (χ4v) is 1.97. The summed E-state index contributed by atoms with van der Waals surface area (Å²) in [5, 5.41) is 18.8. The van der Waals surface area contributed by atoms with Gasteiger partial charge in [-0.15, -0.1) is 0 Å². The molecule has 2 nitrogen and oxygen atoms in total. The van der Waals surface area contributed by atoms with Gasteiger partial charge in [-0.2, -0.15) is 5.26 Å². The number of halogens is 1. The number of aryl methyl sites for hydroxylation is 1. The van der Waals surface area contributed by atoms with Gasteiger partial charge in [-0.25, -0.2) is 4.39 Å². The second kappa shape index (κ2) is 6.12. The molecule has 1 N–H and O–H groups in total. The summed E-state index contributed by atoms with van der Waals surface area (Å²) in [4.78, 5) is 0. The van der Waals surface area contributed by atoms with Crippen molar-refractivity contribution in [2.75, 3.05) is 0 Å². The second-order valence-corrected chi connectivity index (χ2v) is 4.39. The standard InChI is InChI=1S/C16H14FNO/c17-15-8-6-13(11-18)10-14(15)16(19)9-7-12-4-2-1-3-5-12/h1-6,8,10,16,19H,7,9H2. The molecule has 19 heavy (non-hydrogen) atoms. The summed E-state index contributed by atoms with van der Waals surface area (Å²) in [5.74, 6) is -0.473. The van der Waals surface area contributed by atoms with E-state index in [1.807, 2.05) is 36.4 Å². The van der Waals surface area contributed by atoms with E-state index in [1.165, 1.54) is 18.2 Å². The highest BCUT2D eigenvalue weighted by molar-refractivity contribution is 5.34. The fourth-order valence-electron chi connectivity index (χ4n) is 1.97. The summed E-state index contributed by atoms with van der Waals surface area (Å²) < 4.78 is 13.6. The number of rotatable bonds is 4. The monoisotopic (exact) mass is 255 g/mol. The van der Waals surface area contributed by atoms with Gasteiger partial charge in [-0.1, -0.05) is 30.3 Å². The van der Waals surface area contributed by atoms with Crippen LogP contribution in [0.4, 0.5) is 4.39 Å². The molecular weight excluding hydrogens is 241 g/mol. The summed E-state index contributed by atoms with van der Waals surface area (Å²) in [6.45, 7) is 0. The minimum absolute atomic E-state index is 0.190. The Labute approximate surface area is 111 Å². The molecule has 0 aliphatic heterocycles. The number of nitriles is 1. The van der Waals surface area contributed by atoms with Gasteiger partial charge < -0.3 is 5.11 Å². The molecule has 3 heteroatoms. The van der Waals surface area contributed by atoms with Gasteiger partial charge in [0.2, 0.25) is 0 Å². The van der Waals surface area contributed by atoms with Gasteiger partial charge in [-0.3, -0.25) is 0 Å². The largest absolute Gasteiger partial charge is 0.388 e. The van der Waals surface area contributed by atoms with Crippen LogP contribution >= 0.6 is 0 Å². The number of nitrogens with zero attached hydrogens (tertiary/aromatic N) is 1. The topological polar surface area (TPSA) is 44.0 Å². The zero-order valence-electron chi connectivity index (χ0n) is 10.4. The molecule has 0 bridgehead atoms. The molecule has 0 spiro atoms. The van der Waals surface area contributed by atoms with Gasteiger partial charge in [-0.05, 0) is 36.6 Å². The SMILES string of the molecule is N#Cc1ccc(F)c(C(O)CCc2ccccc2)c1. The van der Waals surface area contributed by atoms with E-state index in [4.69, 9.17) is 5.26 Å². The molecule has 2 rings (SSSR count). The van der Waals surface area contributed by atoms with Crippen LogP contribution in [0.3, 0.4) is 0 Å².